The Balaban J connectivity index is 1.70. The first-order chi connectivity index (χ1) is 14.1. The van der Waals surface area contributed by atoms with E-state index in [1.807, 2.05) is 65.7 Å². The normalized spacial score (nSPS) is 24.4. The van der Waals surface area contributed by atoms with Crippen LogP contribution in [0, 0.1) is 0 Å². The molecule has 1 N–H and O–H groups in total. The maximum Gasteiger partial charge on any atom is 0.271 e. The monoisotopic (exact) mass is 388 g/mol. The Hall–Kier alpha value is -2.73. The van der Waals surface area contributed by atoms with Crippen molar-refractivity contribution in [1.82, 2.24) is 10.0 Å². The number of aliphatic hydroxyl groups is 1. The van der Waals surface area contributed by atoms with Crippen molar-refractivity contribution in [3.8, 4) is 0 Å². The molecule has 148 valence electrons. The average Bonchev–Trinajstić information content (AvgIpc) is 3.29. The number of carbonyl (C=O) groups is 1. The molecule has 1 unspecified atom stereocenters. The molecule has 5 rings (SSSR count). The number of hydrogen-bond acceptors (Lipinski definition) is 4. The number of fused-ring (bicyclic) bond motifs is 2. The predicted octanol–water partition coefficient (Wildman–Crippen LogP) is 3.51. The number of methoxy groups -OCH3 is 1. The van der Waals surface area contributed by atoms with Crippen LogP contribution in [-0.2, 0) is 10.5 Å². The summed E-state index contributed by atoms with van der Waals surface area (Å²) in [7, 11) is 1.67. The van der Waals surface area contributed by atoms with Gasteiger partial charge in [0.05, 0.1) is 12.6 Å². The highest BCUT2D eigenvalue weighted by molar-refractivity contribution is 6.00. The molecule has 2 aliphatic rings. The fourth-order valence-electron chi connectivity index (χ4n) is 4.78. The maximum absolute atomic E-state index is 13.5. The number of hydrazine groups is 1. The fourth-order valence-corrected chi connectivity index (χ4v) is 4.78. The van der Waals surface area contributed by atoms with Crippen molar-refractivity contribution in [1.29, 1.82) is 0 Å². The molecule has 2 aliphatic heterocycles. The van der Waals surface area contributed by atoms with Crippen molar-refractivity contribution in [3.63, 3.8) is 0 Å². The summed E-state index contributed by atoms with van der Waals surface area (Å²) in [6.07, 6.45) is 1.89. The van der Waals surface area contributed by atoms with E-state index in [1.165, 1.54) is 0 Å². The number of hydrogen-bond donors (Lipinski definition) is 1. The Morgan fingerprint density at radius 1 is 1.07 bits per heavy atom. The lowest BCUT2D eigenvalue weighted by atomic mass is 9.92. The molecule has 0 spiro atoms. The van der Waals surface area contributed by atoms with Gasteiger partial charge in [-0.2, -0.15) is 0 Å². The van der Waals surface area contributed by atoms with Crippen LogP contribution in [0.2, 0.25) is 0 Å². The van der Waals surface area contributed by atoms with Crippen molar-refractivity contribution in [3.05, 3.63) is 83.4 Å². The quantitative estimate of drug-likeness (QED) is 0.743. The van der Waals surface area contributed by atoms with E-state index in [1.54, 1.807) is 18.2 Å². The van der Waals surface area contributed by atoms with Crippen molar-refractivity contribution < 1.29 is 14.6 Å². The van der Waals surface area contributed by atoms with Crippen LogP contribution >= 0.6 is 0 Å². The first-order valence-corrected chi connectivity index (χ1v) is 10.1. The molecule has 0 radical (unpaired) electrons. The number of carbonyl (C=O) groups excluding carboxylic acids is 1. The van der Waals surface area contributed by atoms with Crippen LogP contribution in [0.5, 0.6) is 0 Å². The molecule has 3 aromatic carbocycles. The van der Waals surface area contributed by atoms with Gasteiger partial charge >= 0.3 is 0 Å². The first-order valence-electron chi connectivity index (χ1n) is 10.1. The summed E-state index contributed by atoms with van der Waals surface area (Å²) in [6, 6.07) is 21.4. The van der Waals surface area contributed by atoms with E-state index in [4.69, 9.17) is 4.74 Å². The highest BCUT2D eigenvalue weighted by Crippen LogP contribution is 2.45. The Labute approximate surface area is 170 Å². The number of nitrogens with zero attached hydrogens (tertiary/aromatic N) is 2. The molecule has 0 aliphatic carbocycles. The fraction of sp³-hybridized carbons (Fsp3) is 0.292. The van der Waals surface area contributed by atoms with Gasteiger partial charge < -0.3 is 9.84 Å². The minimum absolute atomic E-state index is 0.0604. The van der Waals surface area contributed by atoms with Crippen LogP contribution in [0.4, 0.5) is 0 Å². The van der Waals surface area contributed by atoms with E-state index in [-0.39, 0.29) is 11.9 Å². The maximum atomic E-state index is 13.5. The number of benzene rings is 3. The standard InChI is InChI=1S/C24H24N2O3/c1-29-16-20-9-6-14-25(20)26-23(27)21-10-4-5-11-22(21)24(26,28)19-13-12-17-7-2-3-8-18(17)15-19/h2-5,7-8,10-13,15,20,28H,6,9,14,16H2,1H3/t20-,24?/m0/s1. The van der Waals surface area contributed by atoms with Crippen molar-refractivity contribution in [2.24, 2.45) is 0 Å². The summed E-state index contributed by atoms with van der Waals surface area (Å²) in [5.41, 5.74) is 0.320. The van der Waals surface area contributed by atoms with Gasteiger partial charge in [-0.05, 0) is 35.7 Å². The molecule has 29 heavy (non-hydrogen) atoms. The second-order valence-electron chi connectivity index (χ2n) is 7.81. The Bertz CT molecular complexity index is 1080. The molecule has 0 aromatic heterocycles. The highest BCUT2D eigenvalue weighted by atomic mass is 16.5. The zero-order chi connectivity index (χ0) is 20.0. The molecule has 0 saturated carbocycles. The summed E-state index contributed by atoms with van der Waals surface area (Å²) in [5, 5.41) is 17.9. The lowest BCUT2D eigenvalue weighted by molar-refractivity contribution is -0.166. The highest BCUT2D eigenvalue weighted by Gasteiger charge is 2.54. The second kappa shape index (κ2) is 6.95. The van der Waals surface area contributed by atoms with E-state index in [9.17, 15) is 9.90 Å². The second-order valence-corrected chi connectivity index (χ2v) is 7.81. The van der Waals surface area contributed by atoms with E-state index in [2.05, 4.69) is 0 Å². The predicted molar refractivity (Wildman–Crippen MR) is 111 cm³/mol. The van der Waals surface area contributed by atoms with Crippen LogP contribution in [0.3, 0.4) is 0 Å². The molecule has 3 aromatic rings. The van der Waals surface area contributed by atoms with Crippen molar-refractivity contribution in [2.75, 3.05) is 20.3 Å². The van der Waals surface area contributed by atoms with Crippen LogP contribution in [-0.4, -0.2) is 47.3 Å². The van der Waals surface area contributed by atoms with Crippen LogP contribution in [0.25, 0.3) is 10.8 Å². The largest absolute Gasteiger partial charge is 0.383 e. The van der Waals surface area contributed by atoms with Gasteiger partial charge in [-0.25, -0.2) is 10.0 Å². The van der Waals surface area contributed by atoms with Gasteiger partial charge in [-0.15, -0.1) is 0 Å². The van der Waals surface area contributed by atoms with Gasteiger partial charge in [0.25, 0.3) is 5.91 Å². The van der Waals surface area contributed by atoms with Gasteiger partial charge in [0.15, 0.2) is 0 Å². The molecular formula is C24H24N2O3. The Morgan fingerprint density at radius 2 is 1.83 bits per heavy atom. The van der Waals surface area contributed by atoms with Crippen molar-refractivity contribution >= 4 is 16.7 Å². The minimum atomic E-state index is -1.55. The lowest BCUT2D eigenvalue weighted by Gasteiger charge is -2.42. The molecule has 0 bridgehead atoms. The zero-order valence-corrected chi connectivity index (χ0v) is 16.4. The number of amides is 1. The SMILES string of the molecule is COC[C@@H]1CCCN1N1C(=O)c2ccccc2C1(O)c1ccc2ccccc2c1. The Kier molecular flexibility index (Phi) is 4.39. The van der Waals surface area contributed by atoms with Crippen LogP contribution < -0.4 is 0 Å². The summed E-state index contributed by atoms with van der Waals surface area (Å²) in [5.74, 6) is -0.167. The third-order valence-electron chi connectivity index (χ3n) is 6.15. The van der Waals surface area contributed by atoms with Gasteiger partial charge in [-0.3, -0.25) is 4.79 Å². The summed E-state index contributed by atoms with van der Waals surface area (Å²) in [4.78, 5) is 13.5. The van der Waals surface area contributed by atoms with Crippen LogP contribution in [0.1, 0.15) is 34.3 Å². The molecule has 5 nitrogen and oxygen atoms in total. The van der Waals surface area contributed by atoms with Gasteiger partial charge in [-0.1, -0.05) is 54.6 Å². The molecule has 1 saturated heterocycles. The molecule has 2 heterocycles. The van der Waals surface area contributed by atoms with Crippen molar-refractivity contribution in [2.45, 2.75) is 24.6 Å². The van der Waals surface area contributed by atoms with E-state index < -0.39 is 5.72 Å². The van der Waals surface area contributed by atoms with E-state index >= 15 is 0 Å². The van der Waals surface area contributed by atoms with E-state index in [0.717, 1.165) is 23.6 Å². The first kappa shape index (κ1) is 18.3. The summed E-state index contributed by atoms with van der Waals surface area (Å²) in [6.45, 7) is 1.23. The van der Waals surface area contributed by atoms with Gasteiger partial charge in [0.2, 0.25) is 5.72 Å². The molecule has 1 fully saturated rings. The topological polar surface area (TPSA) is 53.0 Å². The van der Waals surface area contributed by atoms with E-state index in [0.29, 0.717) is 29.8 Å². The minimum Gasteiger partial charge on any atom is -0.383 e. The Morgan fingerprint density at radius 3 is 2.66 bits per heavy atom. The number of ether oxygens (including phenoxy) is 1. The molecular weight excluding hydrogens is 364 g/mol. The molecule has 5 heteroatoms. The number of rotatable bonds is 4. The molecule has 2 atom stereocenters. The average molecular weight is 388 g/mol. The third kappa shape index (κ3) is 2.69. The zero-order valence-electron chi connectivity index (χ0n) is 16.4. The van der Waals surface area contributed by atoms with Gasteiger partial charge in [0.1, 0.15) is 0 Å². The molecule has 1 amide bonds. The smallest absolute Gasteiger partial charge is 0.271 e. The summed E-state index contributed by atoms with van der Waals surface area (Å²) >= 11 is 0. The summed E-state index contributed by atoms with van der Waals surface area (Å²) < 4.78 is 5.40. The van der Waals surface area contributed by atoms with Crippen LogP contribution in [0.15, 0.2) is 66.7 Å². The van der Waals surface area contributed by atoms with Gasteiger partial charge in [0, 0.05) is 30.3 Å². The lowest BCUT2D eigenvalue weighted by Crippen LogP contribution is -2.57. The third-order valence-corrected chi connectivity index (χ3v) is 6.15.